The van der Waals surface area contributed by atoms with Crippen molar-refractivity contribution >= 4 is 0 Å². The molecule has 98 valence electrons. The van der Waals surface area contributed by atoms with Crippen molar-refractivity contribution in [3.05, 3.63) is 29.3 Å². The summed E-state index contributed by atoms with van der Waals surface area (Å²) in [4.78, 5) is 0. The largest absolute Gasteiger partial charge is 0.493 e. The second-order valence-electron chi connectivity index (χ2n) is 5.18. The molecule has 2 aliphatic heterocycles. The van der Waals surface area contributed by atoms with Crippen molar-refractivity contribution in [2.24, 2.45) is 5.92 Å². The SMILES string of the molecule is CNC(c1ccc2c(c1)CCO2)C1CCOCC1. The van der Waals surface area contributed by atoms with Gasteiger partial charge in [0.2, 0.25) is 0 Å². The van der Waals surface area contributed by atoms with Crippen LogP contribution in [0.4, 0.5) is 0 Å². The Kier molecular flexibility index (Phi) is 3.52. The van der Waals surface area contributed by atoms with Crippen molar-refractivity contribution in [1.29, 1.82) is 0 Å². The fraction of sp³-hybridized carbons (Fsp3) is 0.600. The van der Waals surface area contributed by atoms with Gasteiger partial charge in [-0.05, 0) is 43.0 Å². The van der Waals surface area contributed by atoms with E-state index in [9.17, 15) is 0 Å². The number of ether oxygens (including phenoxy) is 2. The van der Waals surface area contributed by atoms with E-state index in [0.717, 1.165) is 44.8 Å². The maximum Gasteiger partial charge on any atom is 0.122 e. The lowest BCUT2D eigenvalue weighted by Crippen LogP contribution is -2.30. The van der Waals surface area contributed by atoms with Crippen LogP contribution in [0.1, 0.15) is 30.0 Å². The molecule has 1 fully saturated rings. The van der Waals surface area contributed by atoms with E-state index in [0.29, 0.717) is 12.0 Å². The van der Waals surface area contributed by atoms with Crippen LogP contribution in [0.3, 0.4) is 0 Å². The summed E-state index contributed by atoms with van der Waals surface area (Å²) in [6.07, 6.45) is 3.35. The van der Waals surface area contributed by atoms with Crippen LogP contribution in [-0.2, 0) is 11.2 Å². The van der Waals surface area contributed by atoms with Gasteiger partial charge in [0, 0.05) is 25.7 Å². The zero-order valence-electron chi connectivity index (χ0n) is 10.9. The van der Waals surface area contributed by atoms with Crippen LogP contribution in [0, 0.1) is 5.92 Å². The maximum atomic E-state index is 5.57. The Morgan fingerprint density at radius 1 is 1.22 bits per heavy atom. The summed E-state index contributed by atoms with van der Waals surface area (Å²) in [5.41, 5.74) is 2.76. The van der Waals surface area contributed by atoms with Gasteiger partial charge in [-0.3, -0.25) is 0 Å². The number of hydrogen-bond acceptors (Lipinski definition) is 3. The van der Waals surface area contributed by atoms with Gasteiger partial charge in [-0.25, -0.2) is 0 Å². The summed E-state index contributed by atoms with van der Waals surface area (Å²) >= 11 is 0. The third kappa shape index (κ3) is 2.25. The Labute approximate surface area is 108 Å². The molecule has 1 N–H and O–H groups in total. The van der Waals surface area contributed by atoms with Gasteiger partial charge < -0.3 is 14.8 Å². The highest BCUT2D eigenvalue weighted by Crippen LogP contribution is 2.33. The monoisotopic (exact) mass is 247 g/mol. The van der Waals surface area contributed by atoms with Crippen LogP contribution in [0.25, 0.3) is 0 Å². The average Bonchev–Trinajstić information content (AvgIpc) is 2.88. The molecule has 3 nitrogen and oxygen atoms in total. The first-order valence-corrected chi connectivity index (χ1v) is 6.89. The zero-order chi connectivity index (χ0) is 12.4. The normalized spacial score (nSPS) is 21.4. The van der Waals surface area contributed by atoms with Crippen LogP contribution >= 0.6 is 0 Å². The number of rotatable bonds is 3. The lowest BCUT2D eigenvalue weighted by Gasteiger charge is -2.30. The summed E-state index contributed by atoms with van der Waals surface area (Å²) < 4.78 is 11.0. The Morgan fingerprint density at radius 2 is 2.06 bits per heavy atom. The molecule has 0 bridgehead atoms. The first-order chi connectivity index (χ1) is 8.88. The summed E-state index contributed by atoms with van der Waals surface area (Å²) in [5.74, 6) is 1.75. The van der Waals surface area contributed by atoms with Crippen LogP contribution in [0.15, 0.2) is 18.2 Å². The van der Waals surface area contributed by atoms with Gasteiger partial charge in [0.25, 0.3) is 0 Å². The number of hydrogen-bond donors (Lipinski definition) is 1. The Hall–Kier alpha value is -1.06. The minimum absolute atomic E-state index is 0.444. The molecule has 1 aromatic rings. The van der Waals surface area contributed by atoms with Crippen molar-refractivity contribution in [1.82, 2.24) is 5.32 Å². The molecule has 1 atom stereocenters. The van der Waals surface area contributed by atoms with E-state index in [1.54, 1.807) is 0 Å². The Morgan fingerprint density at radius 3 is 2.83 bits per heavy atom. The van der Waals surface area contributed by atoms with E-state index in [2.05, 4.69) is 30.6 Å². The van der Waals surface area contributed by atoms with Gasteiger partial charge in [0.1, 0.15) is 5.75 Å². The van der Waals surface area contributed by atoms with E-state index < -0.39 is 0 Å². The van der Waals surface area contributed by atoms with Crippen LogP contribution in [-0.4, -0.2) is 26.9 Å². The Bertz CT molecular complexity index is 413. The van der Waals surface area contributed by atoms with Crippen LogP contribution in [0.2, 0.25) is 0 Å². The number of benzene rings is 1. The molecular formula is C15H21NO2. The van der Waals surface area contributed by atoms with Crippen LogP contribution < -0.4 is 10.1 Å². The van der Waals surface area contributed by atoms with Crippen molar-refractivity contribution in [2.75, 3.05) is 26.9 Å². The van der Waals surface area contributed by atoms with Gasteiger partial charge in [0.05, 0.1) is 6.61 Å². The Balaban J connectivity index is 1.82. The standard InChI is InChI=1S/C15H21NO2/c1-16-15(11-4-7-17-8-5-11)13-2-3-14-12(10-13)6-9-18-14/h2-3,10-11,15-16H,4-9H2,1H3. The van der Waals surface area contributed by atoms with E-state index in [1.807, 2.05) is 0 Å². The van der Waals surface area contributed by atoms with Crippen LogP contribution in [0.5, 0.6) is 5.75 Å². The van der Waals surface area contributed by atoms with Gasteiger partial charge in [0.15, 0.2) is 0 Å². The molecule has 2 heterocycles. The highest BCUT2D eigenvalue weighted by Gasteiger charge is 2.25. The van der Waals surface area contributed by atoms with Crippen molar-refractivity contribution in [3.8, 4) is 5.75 Å². The minimum atomic E-state index is 0.444. The predicted molar refractivity (Wildman–Crippen MR) is 71.0 cm³/mol. The molecular weight excluding hydrogens is 226 g/mol. The topological polar surface area (TPSA) is 30.5 Å². The molecule has 0 saturated carbocycles. The summed E-state index contributed by atoms with van der Waals surface area (Å²) in [5, 5.41) is 3.48. The second-order valence-corrected chi connectivity index (χ2v) is 5.18. The number of fused-ring (bicyclic) bond motifs is 1. The highest BCUT2D eigenvalue weighted by molar-refractivity contribution is 5.41. The van der Waals surface area contributed by atoms with E-state index in [-0.39, 0.29) is 0 Å². The van der Waals surface area contributed by atoms with E-state index >= 15 is 0 Å². The molecule has 0 radical (unpaired) electrons. The molecule has 2 aliphatic rings. The quantitative estimate of drug-likeness (QED) is 0.889. The molecule has 1 aromatic carbocycles. The van der Waals surface area contributed by atoms with Gasteiger partial charge in [-0.1, -0.05) is 12.1 Å². The molecule has 18 heavy (non-hydrogen) atoms. The molecule has 1 saturated heterocycles. The van der Waals surface area contributed by atoms with Crippen molar-refractivity contribution < 1.29 is 9.47 Å². The third-order valence-corrected chi connectivity index (χ3v) is 4.12. The van der Waals surface area contributed by atoms with Crippen molar-refractivity contribution in [3.63, 3.8) is 0 Å². The summed E-state index contributed by atoms with van der Waals surface area (Å²) in [7, 11) is 2.06. The minimum Gasteiger partial charge on any atom is -0.493 e. The molecule has 0 amide bonds. The fourth-order valence-corrected chi connectivity index (χ4v) is 3.12. The molecule has 3 rings (SSSR count). The predicted octanol–water partition coefficient (Wildman–Crippen LogP) is 2.31. The average molecular weight is 247 g/mol. The first-order valence-electron chi connectivity index (χ1n) is 6.89. The summed E-state index contributed by atoms with van der Waals surface area (Å²) in [6.45, 7) is 2.63. The lowest BCUT2D eigenvalue weighted by molar-refractivity contribution is 0.0546. The van der Waals surface area contributed by atoms with E-state index in [1.165, 1.54) is 11.1 Å². The fourth-order valence-electron chi connectivity index (χ4n) is 3.12. The van der Waals surface area contributed by atoms with Crippen molar-refractivity contribution in [2.45, 2.75) is 25.3 Å². The second kappa shape index (κ2) is 5.29. The van der Waals surface area contributed by atoms with Gasteiger partial charge in [-0.2, -0.15) is 0 Å². The lowest BCUT2D eigenvalue weighted by atomic mass is 9.86. The molecule has 0 aromatic heterocycles. The number of nitrogens with one attached hydrogen (secondary N) is 1. The van der Waals surface area contributed by atoms with Gasteiger partial charge in [-0.15, -0.1) is 0 Å². The van der Waals surface area contributed by atoms with Gasteiger partial charge >= 0.3 is 0 Å². The third-order valence-electron chi connectivity index (χ3n) is 4.12. The molecule has 1 unspecified atom stereocenters. The summed E-state index contributed by atoms with van der Waals surface area (Å²) in [6, 6.07) is 7.10. The smallest absolute Gasteiger partial charge is 0.122 e. The first kappa shape index (κ1) is 12.0. The van der Waals surface area contributed by atoms with E-state index in [4.69, 9.17) is 9.47 Å². The molecule has 3 heteroatoms. The highest BCUT2D eigenvalue weighted by atomic mass is 16.5. The molecule has 0 spiro atoms. The maximum absolute atomic E-state index is 5.57. The zero-order valence-corrected chi connectivity index (χ0v) is 10.9. The molecule has 0 aliphatic carbocycles.